The Hall–Kier alpha value is -2.06. The van der Waals surface area contributed by atoms with Gasteiger partial charge in [-0.25, -0.2) is 0 Å². The second-order valence-corrected chi connectivity index (χ2v) is 6.96. The molecule has 0 spiro atoms. The summed E-state index contributed by atoms with van der Waals surface area (Å²) in [6.45, 7) is 0. The molecule has 0 heterocycles. The third-order valence-corrected chi connectivity index (χ3v) is 5.67. The van der Waals surface area contributed by atoms with Gasteiger partial charge < -0.3 is 5.11 Å². The van der Waals surface area contributed by atoms with E-state index in [1.807, 2.05) is 54.6 Å². The average Bonchev–Trinajstić information content (AvgIpc) is 3.13. The van der Waals surface area contributed by atoms with Crippen LogP contribution in [0.5, 0.6) is 0 Å². The maximum absolute atomic E-state index is 12.2. The summed E-state index contributed by atoms with van der Waals surface area (Å²) in [4.78, 5) is 12.2. The zero-order chi connectivity index (χ0) is 16.0. The molecule has 4 unspecified atom stereocenters. The van der Waals surface area contributed by atoms with Gasteiger partial charge in [0.05, 0.1) is 5.92 Å². The minimum Gasteiger partial charge on any atom is -0.481 e. The number of carboxylic acid groups (broad SMARTS) is 1. The van der Waals surface area contributed by atoms with Gasteiger partial charge >= 0.3 is 5.97 Å². The number of aliphatic carboxylic acids is 1. The number of hydrogen-bond donors (Lipinski definition) is 1. The summed E-state index contributed by atoms with van der Waals surface area (Å²) in [6, 6.07) is 17.7. The largest absolute Gasteiger partial charge is 0.481 e. The van der Waals surface area contributed by atoms with E-state index in [-0.39, 0.29) is 11.8 Å². The molecule has 4 rings (SSSR count). The highest BCUT2D eigenvalue weighted by Gasteiger charge is 2.59. The first-order valence-corrected chi connectivity index (χ1v) is 8.23. The van der Waals surface area contributed by atoms with Crippen molar-refractivity contribution in [1.82, 2.24) is 0 Å². The van der Waals surface area contributed by atoms with E-state index >= 15 is 0 Å². The summed E-state index contributed by atoms with van der Waals surface area (Å²) >= 11 is 6.01. The SMILES string of the molecule is O=C(O)C1C(c2ccccc2)C2C=CC1(c1ccc(Cl)cc1)C2. The van der Waals surface area contributed by atoms with Crippen LogP contribution in [0.15, 0.2) is 66.7 Å². The van der Waals surface area contributed by atoms with Crippen molar-refractivity contribution in [2.45, 2.75) is 17.8 Å². The Balaban J connectivity index is 1.84. The maximum Gasteiger partial charge on any atom is 0.308 e. The second kappa shape index (κ2) is 5.24. The average molecular weight is 325 g/mol. The third-order valence-electron chi connectivity index (χ3n) is 5.42. The highest BCUT2D eigenvalue weighted by Crippen LogP contribution is 2.61. The zero-order valence-corrected chi connectivity index (χ0v) is 13.3. The van der Waals surface area contributed by atoms with Crippen LogP contribution < -0.4 is 0 Å². The van der Waals surface area contributed by atoms with Crippen molar-refractivity contribution >= 4 is 17.6 Å². The van der Waals surface area contributed by atoms with Crippen molar-refractivity contribution in [3.8, 4) is 0 Å². The standard InChI is InChI=1S/C20H17ClO2/c21-16-8-6-15(7-9-16)20-11-10-14(12-20)17(18(20)19(22)23)13-4-2-1-3-5-13/h1-11,14,17-18H,12H2,(H,22,23). The number of carbonyl (C=O) groups is 1. The van der Waals surface area contributed by atoms with E-state index in [1.54, 1.807) is 0 Å². The monoisotopic (exact) mass is 324 g/mol. The van der Waals surface area contributed by atoms with Gasteiger partial charge in [0.1, 0.15) is 0 Å². The molecule has 116 valence electrons. The predicted octanol–water partition coefficient (Wildman–Crippen LogP) is 4.65. The molecule has 4 atom stereocenters. The van der Waals surface area contributed by atoms with E-state index in [0.29, 0.717) is 5.02 Å². The Morgan fingerprint density at radius 1 is 1.09 bits per heavy atom. The fourth-order valence-corrected chi connectivity index (χ4v) is 4.63. The van der Waals surface area contributed by atoms with Crippen LogP contribution in [-0.2, 0) is 10.2 Å². The fraction of sp³-hybridized carbons (Fsp3) is 0.250. The topological polar surface area (TPSA) is 37.3 Å². The van der Waals surface area contributed by atoms with Gasteiger partial charge in [-0.1, -0.05) is 66.2 Å². The van der Waals surface area contributed by atoms with Gasteiger partial charge in [0.2, 0.25) is 0 Å². The number of hydrogen-bond acceptors (Lipinski definition) is 1. The summed E-state index contributed by atoms with van der Waals surface area (Å²) in [6.07, 6.45) is 5.16. The van der Waals surface area contributed by atoms with Gasteiger partial charge in [0.15, 0.2) is 0 Å². The molecule has 0 saturated heterocycles. The Morgan fingerprint density at radius 3 is 2.43 bits per heavy atom. The summed E-state index contributed by atoms with van der Waals surface area (Å²) in [5.41, 5.74) is 1.73. The van der Waals surface area contributed by atoms with E-state index in [4.69, 9.17) is 11.6 Å². The lowest BCUT2D eigenvalue weighted by molar-refractivity contribution is -0.143. The minimum absolute atomic E-state index is 0.0226. The van der Waals surface area contributed by atoms with Crippen LogP contribution in [0, 0.1) is 11.8 Å². The van der Waals surface area contributed by atoms with Crippen molar-refractivity contribution in [2.24, 2.45) is 11.8 Å². The van der Waals surface area contributed by atoms with E-state index in [9.17, 15) is 9.90 Å². The number of allylic oxidation sites excluding steroid dienone is 2. The second-order valence-electron chi connectivity index (χ2n) is 6.53. The van der Waals surface area contributed by atoms with E-state index in [1.165, 1.54) is 0 Å². The van der Waals surface area contributed by atoms with Crippen molar-refractivity contribution < 1.29 is 9.90 Å². The van der Waals surface area contributed by atoms with E-state index < -0.39 is 17.3 Å². The minimum atomic E-state index is -0.722. The Bertz CT molecular complexity index is 766. The molecule has 0 aromatic heterocycles. The lowest BCUT2D eigenvalue weighted by atomic mass is 9.68. The van der Waals surface area contributed by atoms with Crippen LogP contribution in [0.25, 0.3) is 0 Å². The highest BCUT2D eigenvalue weighted by atomic mass is 35.5. The highest BCUT2D eigenvalue weighted by molar-refractivity contribution is 6.30. The fourth-order valence-electron chi connectivity index (χ4n) is 4.51. The summed E-state index contributed by atoms with van der Waals surface area (Å²) in [5, 5.41) is 10.7. The predicted molar refractivity (Wildman–Crippen MR) is 90.7 cm³/mol. The van der Waals surface area contributed by atoms with Gasteiger partial charge in [-0.15, -0.1) is 0 Å². The molecule has 0 radical (unpaired) electrons. The molecule has 0 amide bonds. The lowest BCUT2D eigenvalue weighted by Gasteiger charge is -2.34. The van der Waals surface area contributed by atoms with Crippen LogP contribution in [-0.4, -0.2) is 11.1 Å². The Kier molecular flexibility index (Phi) is 3.31. The number of benzene rings is 2. The molecule has 3 heteroatoms. The van der Waals surface area contributed by atoms with Gasteiger partial charge in [0, 0.05) is 16.4 Å². The van der Waals surface area contributed by atoms with Gasteiger partial charge in [-0.2, -0.15) is 0 Å². The van der Waals surface area contributed by atoms with Crippen molar-refractivity contribution in [3.63, 3.8) is 0 Å². The Morgan fingerprint density at radius 2 is 1.78 bits per heavy atom. The molecular weight excluding hydrogens is 308 g/mol. The molecular formula is C20H17ClO2. The molecule has 2 aromatic carbocycles. The van der Waals surface area contributed by atoms with Crippen LogP contribution in [0.3, 0.4) is 0 Å². The Labute approximate surface area is 140 Å². The summed E-state index contributed by atoms with van der Waals surface area (Å²) in [7, 11) is 0. The summed E-state index contributed by atoms with van der Waals surface area (Å²) < 4.78 is 0. The number of carboxylic acids is 1. The molecule has 23 heavy (non-hydrogen) atoms. The van der Waals surface area contributed by atoms with Crippen molar-refractivity contribution in [2.75, 3.05) is 0 Å². The quantitative estimate of drug-likeness (QED) is 0.834. The zero-order valence-electron chi connectivity index (χ0n) is 12.5. The van der Waals surface area contributed by atoms with Gasteiger partial charge in [-0.3, -0.25) is 4.79 Å². The van der Waals surface area contributed by atoms with Crippen molar-refractivity contribution in [1.29, 1.82) is 0 Å². The third kappa shape index (κ3) is 2.13. The number of rotatable bonds is 3. The molecule has 1 fully saturated rings. The molecule has 2 bridgehead atoms. The molecule has 2 aliphatic rings. The van der Waals surface area contributed by atoms with E-state index in [2.05, 4.69) is 12.2 Å². The lowest BCUT2D eigenvalue weighted by Crippen LogP contribution is -2.37. The maximum atomic E-state index is 12.2. The molecule has 2 aromatic rings. The van der Waals surface area contributed by atoms with Crippen LogP contribution in [0.4, 0.5) is 0 Å². The summed E-state index contributed by atoms with van der Waals surface area (Å²) in [5.74, 6) is -0.870. The van der Waals surface area contributed by atoms with Crippen LogP contribution in [0.2, 0.25) is 5.02 Å². The first-order chi connectivity index (χ1) is 11.1. The smallest absolute Gasteiger partial charge is 0.308 e. The van der Waals surface area contributed by atoms with E-state index in [0.717, 1.165) is 17.5 Å². The molecule has 2 nitrogen and oxygen atoms in total. The molecule has 0 aliphatic heterocycles. The van der Waals surface area contributed by atoms with Gasteiger partial charge in [-0.05, 0) is 35.6 Å². The normalized spacial score (nSPS) is 31.4. The van der Waals surface area contributed by atoms with Gasteiger partial charge in [0.25, 0.3) is 0 Å². The first-order valence-electron chi connectivity index (χ1n) is 7.85. The van der Waals surface area contributed by atoms with Crippen LogP contribution >= 0.6 is 11.6 Å². The first kappa shape index (κ1) is 14.5. The van der Waals surface area contributed by atoms with Crippen LogP contribution in [0.1, 0.15) is 23.5 Å². The molecule has 2 aliphatic carbocycles. The number of halogens is 1. The number of fused-ring (bicyclic) bond motifs is 2. The van der Waals surface area contributed by atoms with Crippen molar-refractivity contribution in [3.05, 3.63) is 82.9 Å². The molecule has 1 saturated carbocycles. The molecule has 1 N–H and O–H groups in total.